The number of benzene rings is 2. The maximum atomic E-state index is 3.44. The lowest BCUT2D eigenvalue weighted by atomic mass is 10.1. The molecule has 3 rings (SSSR count). The second kappa shape index (κ2) is 4.38. The van der Waals surface area contributed by atoms with Gasteiger partial charge in [0.05, 0.1) is 0 Å². The molecule has 1 aliphatic heterocycles. The number of nitrogens with zero attached hydrogens (tertiary/aromatic N) is 1. The Morgan fingerprint density at radius 2 is 1.94 bits per heavy atom. The molecule has 1 unspecified atom stereocenters. The fourth-order valence-electron chi connectivity index (χ4n) is 2.66. The zero-order chi connectivity index (χ0) is 11.7. The zero-order valence-corrected chi connectivity index (χ0v) is 10.2. The van der Waals surface area contributed by atoms with Crippen molar-refractivity contribution < 1.29 is 0 Å². The molecule has 1 saturated heterocycles. The Labute approximate surface area is 102 Å². The van der Waals surface area contributed by atoms with Crippen LogP contribution in [0.3, 0.4) is 0 Å². The highest BCUT2D eigenvalue weighted by molar-refractivity contribution is 5.94. The van der Waals surface area contributed by atoms with E-state index in [4.69, 9.17) is 0 Å². The van der Waals surface area contributed by atoms with Crippen molar-refractivity contribution in [1.29, 1.82) is 0 Å². The molecule has 0 bridgehead atoms. The largest absolute Gasteiger partial charge is 0.366 e. The van der Waals surface area contributed by atoms with E-state index >= 15 is 0 Å². The Morgan fingerprint density at radius 1 is 1.12 bits per heavy atom. The highest BCUT2D eigenvalue weighted by Gasteiger charge is 2.19. The molecule has 17 heavy (non-hydrogen) atoms. The molecule has 1 heterocycles. The molecule has 0 spiro atoms. The summed E-state index contributed by atoms with van der Waals surface area (Å²) in [5.74, 6) is 0. The van der Waals surface area contributed by atoms with Crippen molar-refractivity contribution in [2.75, 3.05) is 24.5 Å². The first-order valence-electron chi connectivity index (χ1n) is 6.31. The van der Waals surface area contributed by atoms with Gasteiger partial charge in [-0.15, -0.1) is 0 Å². The molecule has 2 aromatic carbocycles. The molecule has 0 aliphatic carbocycles. The van der Waals surface area contributed by atoms with Crippen LogP contribution >= 0.6 is 0 Å². The molecule has 1 atom stereocenters. The van der Waals surface area contributed by atoms with Gasteiger partial charge in [-0.3, -0.25) is 0 Å². The third kappa shape index (κ3) is 1.89. The number of nitrogens with one attached hydrogen (secondary N) is 1. The summed E-state index contributed by atoms with van der Waals surface area (Å²) in [5.41, 5.74) is 1.37. The number of anilines is 1. The van der Waals surface area contributed by atoms with Gasteiger partial charge in [-0.05, 0) is 18.4 Å². The Morgan fingerprint density at radius 3 is 2.82 bits per heavy atom. The van der Waals surface area contributed by atoms with Gasteiger partial charge < -0.3 is 10.2 Å². The minimum atomic E-state index is 0.564. The Balaban J connectivity index is 2.10. The van der Waals surface area contributed by atoms with E-state index in [-0.39, 0.29) is 0 Å². The third-order valence-electron chi connectivity index (χ3n) is 3.58. The lowest BCUT2D eigenvalue weighted by Crippen LogP contribution is -2.50. The van der Waals surface area contributed by atoms with Crippen molar-refractivity contribution in [2.45, 2.75) is 13.0 Å². The molecule has 0 radical (unpaired) electrons. The third-order valence-corrected chi connectivity index (χ3v) is 3.58. The van der Waals surface area contributed by atoms with Crippen LogP contribution in [-0.4, -0.2) is 25.7 Å². The summed E-state index contributed by atoms with van der Waals surface area (Å²) in [5, 5.41) is 6.13. The maximum Gasteiger partial charge on any atom is 0.0449 e. The number of piperazine rings is 1. The molecule has 1 N–H and O–H groups in total. The molecule has 1 fully saturated rings. The highest BCUT2D eigenvalue weighted by Crippen LogP contribution is 2.28. The van der Waals surface area contributed by atoms with E-state index in [1.807, 2.05) is 0 Å². The van der Waals surface area contributed by atoms with E-state index in [2.05, 4.69) is 59.6 Å². The lowest BCUT2D eigenvalue weighted by Gasteiger charge is -2.36. The number of hydrogen-bond donors (Lipinski definition) is 1. The Bertz CT molecular complexity index is 516. The second-order valence-corrected chi connectivity index (χ2v) is 4.74. The summed E-state index contributed by atoms with van der Waals surface area (Å²) in [6, 6.07) is 15.8. The van der Waals surface area contributed by atoms with Crippen LogP contribution in [0.15, 0.2) is 42.5 Å². The molecular weight excluding hydrogens is 208 g/mol. The van der Waals surface area contributed by atoms with E-state index in [0.29, 0.717) is 6.04 Å². The summed E-state index contributed by atoms with van der Waals surface area (Å²) < 4.78 is 0. The first-order valence-corrected chi connectivity index (χ1v) is 6.31. The SMILES string of the molecule is CC1CNCCN1c1cccc2ccccc12. The van der Waals surface area contributed by atoms with Crippen LogP contribution in [0.4, 0.5) is 5.69 Å². The number of fused-ring (bicyclic) bond motifs is 1. The number of rotatable bonds is 1. The van der Waals surface area contributed by atoms with Gasteiger partial charge in [0.15, 0.2) is 0 Å². The first-order chi connectivity index (χ1) is 8.36. The van der Waals surface area contributed by atoms with Gasteiger partial charge in [0.1, 0.15) is 0 Å². The molecule has 2 nitrogen and oxygen atoms in total. The van der Waals surface area contributed by atoms with Crippen LogP contribution in [0.25, 0.3) is 10.8 Å². The van der Waals surface area contributed by atoms with Crippen molar-refractivity contribution in [3.63, 3.8) is 0 Å². The lowest BCUT2D eigenvalue weighted by molar-refractivity contribution is 0.502. The molecular formula is C15H18N2. The van der Waals surface area contributed by atoms with Crippen LogP contribution < -0.4 is 10.2 Å². The van der Waals surface area contributed by atoms with E-state index in [1.54, 1.807) is 0 Å². The highest BCUT2D eigenvalue weighted by atomic mass is 15.2. The summed E-state index contributed by atoms with van der Waals surface area (Å²) in [7, 11) is 0. The van der Waals surface area contributed by atoms with Gasteiger partial charge in [0.25, 0.3) is 0 Å². The molecule has 2 heteroatoms. The second-order valence-electron chi connectivity index (χ2n) is 4.74. The fraction of sp³-hybridized carbons (Fsp3) is 0.333. The van der Waals surface area contributed by atoms with Crippen LogP contribution in [0.2, 0.25) is 0 Å². The van der Waals surface area contributed by atoms with Crippen molar-refractivity contribution in [1.82, 2.24) is 5.32 Å². The van der Waals surface area contributed by atoms with Gasteiger partial charge in [0, 0.05) is 36.7 Å². The summed E-state index contributed by atoms with van der Waals surface area (Å²) in [6.07, 6.45) is 0. The zero-order valence-electron chi connectivity index (χ0n) is 10.2. The molecule has 2 aromatic rings. The molecule has 0 saturated carbocycles. The monoisotopic (exact) mass is 226 g/mol. The Kier molecular flexibility index (Phi) is 2.73. The van der Waals surface area contributed by atoms with E-state index in [1.165, 1.54) is 16.5 Å². The normalized spacial score (nSPS) is 20.8. The quantitative estimate of drug-likeness (QED) is 0.804. The number of hydrogen-bond acceptors (Lipinski definition) is 2. The van der Waals surface area contributed by atoms with Gasteiger partial charge in [-0.1, -0.05) is 36.4 Å². The van der Waals surface area contributed by atoms with Crippen molar-refractivity contribution in [3.8, 4) is 0 Å². The van der Waals surface area contributed by atoms with Gasteiger partial charge in [0.2, 0.25) is 0 Å². The Hall–Kier alpha value is -1.54. The average Bonchev–Trinajstić information content (AvgIpc) is 2.39. The smallest absolute Gasteiger partial charge is 0.0449 e. The summed E-state index contributed by atoms with van der Waals surface area (Å²) in [4.78, 5) is 2.51. The summed E-state index contributed by atoms with van der Waals surface area (Å²) in [6.45, 7) is 5.53. The minimum absolute atomic E-state index is 0.564. The van der Waals surface area contributed by atoms with E-state index in [0.717, 1.165) is 19.6 Å². The fourth-order valence-corrected chi connectivity index (χ4v) is 2.66. The van der Waals surface area contributed by atoms with Crippen LogP contribution in [-0.2, 0) is 0 Å². The van der Waals surface area contributed by atoms with E-state index in [9.17, 15) is 0 Å². The predicted octanol–water partition coefficient (Wildman–Crippen LogP) is 2.64. The van der Waals surface area contributed by atoms with Crippen molar-refractivity contribution >= 4 is 16.5 Å². The van der Waals surface area contributed by atoms with Gasteiger partial charge in [-0.2, -0.15) is 0 Å². The predicted molar refractivity (Wildman–Crippen MR) is 73.6 cm³/mol. The molecule has 88 valence electrons. The van der Waals surface area contributed by atoms with Crippen molar-refractivity contribution in [2.24, 2.45) is 0 Å². The topological polar surface area (TPSA) is 15.3 Å². The van der Waals surface area contributed by atoms with Gasteiger partial charge in [-0.25, -0.2) is 0 Å². The minimum Gasteiger partial charge on any atom is -0.366 e. The van der Waals surface area contributed by atoms with Crippen LogP contribution in [0, 0.1) is 0 Å². The van der Waals surface area contributed by atoms with E-state index < -0.39 is 0 Å². The maximum absolute atomic E-state index is 3.44. The van der Waals surface area contributed by atoms with Crippen LogP contribution in [0.1, 0.15) is 6.92 Å². The average molecular weight is 226 g/mol. The van der Waals surface area contributed by atoms with Crippen LogP contribution in [0.5, 0.6) is 0 Å². The standard InChI is InChI=1S/C15H18N2/c1-12-11-16-9-10-17(12)15-8-4-6-13-5-2-3-7-14(13)15/h2-8,12,16H,9-11H2,1H3. The van der Waals surface area contributed by atoms with Crippen molar-refractivity contribution in [3.05, 3.63) is 42.5 Å². The molecule has 0 amide bonds. The molecule has 1 aliphatic rings. The first kappa shape index (κ1) is 10.6. The summed E-state index contributed by atoms with van der Waals surface area (Å²) >= 11 is 0. The van der Waals surface area contributed by atoms with Gasteiger partial charge >= 0.3 is 0 Å². The molecule has 0 aromatic heterocycles.